The average Bonchev–Trinajstić information content (AvgIpc) is 3.02. The molecule has 1 aliphatic heterocycles. The summed E-state index contributed by atoms with van der Waals surface area (Å²) in [5.74, 6) is -1.21. The zero-order valence-corrected chi connectivity index (χ0v) is 20.7. The number of carbonyl (C=O) groups is 3. The van der Waals surface area contributed by atoms with E-state index in [4.69, 9.17) is 11.6 Å². The molecule has 182 valence electrons. The Hall–Kier alpha value is -2.91. The van der Waals surface area contributed by atoms with Gasteiger partial charge < -0.3 is 10.2 Å². The number of nitrogens with one attached hydrogen (secondary N) is 1. The third-order valence-electron chi connectivity index (χ3n) is 5.68. The van der Waals surface area contributed by atoms with Crippen LogP contribution in [0.1, 0.15) is 49.0 Å². The Bertz CT molecular complexity index is 1180. The molecule has 1 N–H and O–H groups in total. The molecule has 0 aliphatic carbocycles. The molecule has 1 atom stereocenters. The third kappa shape index (κ3) is 5.42. The van der Waals surface area contributed by atoms with Gasteiger partial charge in [-0.3, -0.25) is 14.4 Å². The van der Waals surface area contributed by atoms with Gasteiger partial charge in [-0.25, -0.2) is 12.7 Å². The van der Waals surface area contributed by atoms with Crippen LogP contribution >= 0.6 is 11.6 Å². The molecular formula is C24H28ClN3O5S. The van der Waals surface area contributed by atoms with E-state index in [0.29, 0.717) is 17.1 Å². The number of amides is 3. The molecule has 1 unspecified atom stereocenters. The molecule has 2 aromatic rings. The summed E-state index contributed by atoms with van der Waals surface area (Å²) < 4.78 is 26.3. The van der Waals surface area contributed by atoms with Gasteiger partial charge in [0.25, 0.3) is 15.9 Å². The molecule has 10 heteroatoms. The van der Waals surface area contributed by atoms with Gasteiger partial charge in [-0.15, -0.1) is 0 Å². The molecular weight excluding hydrogens is 478 g/mol. The number of carbonyl (C=O) groups excluding carboxylic acids is 3. The van der Waals surface area contributed by atoms with Crippen molar-refractivity contribution in [2.75, 3.05) is 13.1 Å². The third-order valence-corrected chi connectivity index (χ3v) is 7.89. The van der Waals surface area contributed by atoms with E-state index >= 15 is 0 Å². The van der Waals surface area contributed by atoms with Gasteiger partial charge >= 0.3 is 0 Å². The van der Waals surface area contributed by atoms with Crippen LogP contribution in [0, 0.1) is 0 Å². The molecule has 2 aromatic carbocycles. The average molecular weight is 506 g/mol. The second kappa shape index (κ2) is 11.0. The van der Waals surface area contributed by atoms with Crippen molar-refractivity contribution in [3.8, 4) is 0 Å². The maximum atomic E-state index is 13.2. The van der Waals surface area contributed by atoms with Crippen LogP contribution in [0.3, 0.4) is 0 Å². The lowest BCUT2D eigenvalue weighted by atomic mass is 10.1. The minimum Gasteiger partial charge on any atom is -0.354 e. The predicted molar refractivity (Wildman–Crippen MR) is 129 cm³/mol. The summed E-state index contributed by atoms with van der Waals surface area (Å²) in [6, 6.07) is 12.4. The molecule has 0 saturated carbocycles. The van der Waals surface area contributed by atoms with Crippen LogP contribution in [0.15, 0.2) is 53.4 Å². The smallest absolute Gasteiger partial charge is 0.269 e. The Morgan fingerprint density at radius 2 is 1.79 bits per heavy atom. The Labute approximate surface area is 204 Å². The molecule has 1 aliphatic rings. The van der Waals surface area contributed by atoms with Crippen molar-refractivity contribution in [2.24, 2.45) is 0 Å². The summed E-state index contributed by atoms with van der Waals surface area (Å²) in [5, 5.41) is 3.28. The highest BCUT2D eigenvalue weighted by molar-refractivity contribution is 7.90. The summed E-state index contributed by atoms with van der Waals surface area (Å²) in [5.41, 5.74) is 0.829. The molecule has 0 spiro atoms. The Morgan fingerprint density at radius 3 is 2.47 bits per heavy atom. The highest BCUT2D eigenvalue weighted by Crippen LogP contribution is 2.30. The maximum absolute atomic E-state index is 13.2. The van der Waals surface area contributed by atoms with E-state index in [1.807, 2.05) is 6.92 Å². The number of hydrogen-bond donors (Lipinski definition) is 1. The van der Waals surface area contributed by atoms with Crippen molar-refractivity contribution >= 4 is 39.3 Å². The van der Waals surface area contributed by atoms with Gasteiger partial charge in [-0.2, -0.15) is 0 Å². The van der Waals surface area contributed by atoms with E-state index in [0.717, 1.165) is 10.7 Å². The molecule has 3 amide bonds. The minimum absolute atomic E-state index is 0.0205. The zero-order valence-electron chi connectivity index (χ0n) is 19.2. The quantitative estimate of drug-likeness (QED) is 0.534. The fourth-order valence-electron chi connectivity index (χ4n) is 3.76. The monoisotopic (exact) mass is 505 g/mol. The van der Waals surface area contributed by atoms with E-state index in [1.165, 1.54) is 17.0 Å². The molecule has 8 nitrogen and oxygen atoms in total. The molecule has 1 heterocycles. The summed E-state index contributed by atoms with van der Waals surface area (Å²) >= 11 is 6.27. The van der Waals surface area contributed by atoms with Gasteiger partial charge in [0.15, 0.2) is 0 Å². The molecule has 0 fully saturated rings. The highest BCUT2D eigenvalue weighted by Gasteiger charge is 2.40. The first-order valence-corrected chi connectivity index (χ1v) is 13.0. The van der Waals surface area contributed by atoms with Crippen LogP contribution in [0.2, 0.25) is 5.02 Å². The van der Waals surface area contributed by atoms with Gasteiger partial charge in [-0.1, -0.05) is 48.9 Å². The van der Waals surface area contributed by atoms with Gasteiger partial charge in [-0.05, 0) is 43.5 Å². The Kier molecular flexibility index (Phi) is 8.33. The number of sulfonamides is 1. The number of fused-ring (bicyclic) bond motifs is 1. The molecule has 3 rings (SSSR count). The lowest BCUT2D eigenvalue weighted by Gasteiger charge is -2.29. The molecule has 0 aromatic heterocycles. The molecule has 34 heavy (non-hydrogen) atoms. The lowest BCUT2D eigenvalue weighted by molar-refractivity contribution is -0.140. The SMILES string of the molecule is CCCNC(=O)C(C)N(Cc1ccccc1Cl)C(=O)CCCN1C(=O)c2ccccc2S1(=O)=O. The fourth-order valence-corrected chi connectivity index (χ4v) is 5.56. The first-order chi connectivity index (χ1) is 16.2. The summed E-state index contributed by atoms with van der Waals surface area (Å²) in [4.78, 5) is 39.7. The van der Waals surface area contributed by atoms with Gasteiger partial charge in [0, 0.05) is 31.1 Å². The van der Waals surface area contributed by atoms with E-state index in [-0.39, 0.29) is 48.2 Å². The van der Waals surface area contributed by atoms with Crippen LogP contribution in [0.5, 0.6) is 0 Å². The second-order valence-corrected chi connectivity index (χ2v) is 10.3. The number of hydrogen-bond acceptors (Lipinski definition) is 5. The molecule has 0 saturated heterocycles. The minimum atomic E-state index is -3.93. The van der Waals surface area contributed by atoms with Crippen molar-refractivity contribution in [1.82, 2.24) is 14.5 Å². The summed E-state index contributed by atoms with van der Waals surface area (Å²) in [6.45, 7) is 4.07. The Balaban J connectivity index is 1.71. The standard InChI is InChI=1S/C24H28ClN3O5S/c1-3-14-26-23(30)17(2)27(16-18-9-4-6-11-20(18)25)22(29)13-8-15-28-24(31)19-10-5-7-12-21(19)34(28,32)33/h4-7,9-12,17H,3,8,13-16H2,1-2H3,(H,26,30). The molecule has 0 radical (unpaired) electrons. The first kappa shape index (κ1) is 25.7. The van der Waals surface area contributed by atoms with Crippen LogP contribution in [-0.2, 0) is 26.2 Å². The predicted octanol–water partition coefficient (Wildman–Crippen LogP) is 3.21. The lowest BCUT2D eigenvalue weighted by Crippen LogP contribution is -2.47. The Morgan fingerprint density at radius 1 is 1.12 bits per heavy atom. The van der Waals surface area contributed by atoms with Crippen LogP contribution in [0.25, 0.3) is 0 Å². The highest BCUT2D eigenvalue weighted by atomic mass is 35.5. The van der Waals surface area contributed by atoms with Crippen molar-refractivity contribution < 1.29 is 22.8 Å². The van der Waals surface area contributed by atoms with Gasteiger partial charge in [0.2, 0.25) is 11.8 Å². The topological polar surface area (TPSA) is 104 Å². The number of benzene rings is 2. The van der Waals surface area contributed by atoms with Crippen molar-refractivity contribution in [3.63, 3.8) is 0 Å². The fraction of sp³-hybridized carbons (Fsp3) is 0.375. The van der Waals surface area contributed by atoms with Crippen molar-refractivity contribution in [1.29, 1.82) is 0 Å². The van der Waals surface area contributed by atoms with Crippen molar-refractivity contribution in [2.45, 2.75) is 50.6 Å². The summed E-state index contributed by atoms with van der Waals surface area (Å²) in [6.07, 6.45) is 0.850. The van der Waals surface area contributed by atoms with E-state index in [1.54, 1.807) is 43.3 Å². The number of rotatable bonds is 10. The van der Waals surface area contributed by atoms with E-state index < -0.39 is 22.0 Å². The maximum Gasteiger partial charge on any atom is 0.269 e. The molecule has 0 bridgehead atoms. The largest absolute Gasteiger partial charge is 0.354 e. The first-order valence-electron chi connectivity index (χ1n) is 11.1. The zero-order chi connectivity index (χ0) is 24.9. The van der Waals surface area contributed by atoms with Gasteiger partial charge in [0.05, 0.1) is 5.56 Å². The summed E-state index contributed by atoms with van der Waals surface area (Å²) in [7, 11) is -3.93. The van der Waals surface area contributed by atoms with Crippen molar-refractivity contribution in [3.05, 3.63) is 64.7 Å². The second-order valence-electron chi connectivity index (χ2n) is 8.06. The van der Waals surface area contributed by atoms with Gasteiger partial charge in [0.1, 0.15) is 10.9 Å². The van der Waals surface area contributed by atoms with E-state index in [9.17, 15) is 22.8 Å². The van der Waals surface area contributed by atoms with Crippen LogP contribution in [0.4, 0.5) is 0 Å². The number of nitrogens with zero attached hydrogens (tertiary/aromatic N) is 2. The number of halogens is 1. The van der Waals surface area contributed by atoms with E-state index in [2.05, 4.69) is 5.32 Å². The normalized spacial score (nSPS) is 15.0. The van der Waals surface area contributed by atoms with Crippen LogP contribution in [-0.4, -0.2) is 54.5 Å². The van der Waals surface area contributed by atoms with Crippen LogP contribution < -0.4 is 5.32 Å².